The Morgan fingerprint density at radius 3 is 2.93 bits per heavy atom. The Balaban J connectivity index is 1.87. The minimum absolute atomic E-state index is 0.795. The summed E-state index contributed by atoms with van der Waals surface area (Å²) < 4.78 is 2.38. The van der Waals surface area contributed by atoms with Crippen molar-refractivity contribution in [1.29, 1.82) is 0 Å². The first-order valence-electron chi connectivity index (χ1n) is 5.89. The quantitative estimate of drug-likeness (QED) is 0.665. The molecule has 0 N–H and O–H groups in total. The molecule has 1 aliphatic carbocycles. The topological polar surface area (TPSA) is 17.8 Å². The molecule has 0 radical (unpaired) electrons. The Kier molecular flexibility index (Phi) is 1.89. The third kappa shape index (κ3) is 1.28. The molecule has 0 saturated heterocycles. The van der Waals surface area contributed by atoms with Crippen molar-refractivity contribution >= 4 is 0 Å². The van der Waals surface area contributed by atoms with Gasteiger partial charge in [-0.1, -0.05) is 13.3 Å². The van der Waals surface area contributed by atoms with Crippen LogP contribution in [0.25, 0.3) is 0 Å². The normalized spacial score (nSPS) is 27.1. The molecule has 2 heteroatoms. The molecule has 1 unspecified atom stereocenters. The second-order valence-corrected chi connectivity index (χ2v) is 5.00. The molecule has 1 fully saturated rings. The summed E-state index contributed by atoms with van der Waals surface area (Å²) in [6.45, 7) is 3.53. The van der Waals surface area contributed by atoms with Crippen LogP contribution in [-0.4, -0.2) is 9.55 Å². The molecule has 1 aliphatic heterocycles. The van der Waals surface area contributed by atoms with Crippen molar-refractivity contribution in [3.8, 4) is 0 Å². The van der Waals surface area contributed by atoms with Crippen LogP contribution in [0.4, 0.5) is 0 Å². The van der Waals surface area contributed by atoms with Gasteiger partial charge >= 0.3 is 0 Å². The van der Waals surface area contributed by atoms with E-state index in [1.807, 2.05) is 0 Å². The lowest BCUT2D eigenvalue weighted by Gasteiger charge is -2.22. The largest absolute Gasteiger partial charge is 0.335 e. The van der Waals surface area contributed by atoms with E-state index in [2.05, 4.69) is 17.7 Å². The summed E-state index contributed by atoms with van der Waals surface area (Å²) in [5.74, 6) is 2.97. The van der Waals surface area contributed by atoms with Gasteiger partial charge < -0.3 is 4.57 Å². The molecule has 0 aromatic carbocycles. The Morgan fingerprint density at radius 1 is 1.36 bits per heavy atom. The van der Waals surface area contributed by atoms with Crippen molar-refractivity contribution in [1.82, 2.24) is 9.55 Å². The number of imidazole rings is 1. The van der Waals surface area contributed by atoms with Crippen LogP contribution in [0.3, 0.4) is 0 Å². The highest BCUT2D eigenvalue weighted by Crippen LogP contribution is 2.36. The van der Waals surface area contributed by atoms with Gasteiger partial charge in [0.25, 0.3) is 0 Å². The predicted molar refractivity (Wildman–Crippen MR) is 56.3 cm³/mol. The highest BCUT2D eigenvalue weighted by molar-refractivity contribution is 5.13. The van der Waals surface area contributed by atoms with E-state index in [4.69, 9.17) is 4.98 Å². The van der Waals surface area contributed by atoms with Gasteiger partial charge in [0.15, 0.2) is 0 Å². The minimum atomic E-state index is 0.795. The standard InChI is InChI=1S/C12H18N2/c1-9-5-6-14-8-11(10-3-2-4-10)13-12(14)7-9/h8-10H,2-7H2,1H3. The Labute approximate surface area is 85.3 Å². The summed E-state index contributed by atoms with van der Waals surface area (Å²) in [4.78, 5) is 4.79. The lowest BCUT2D eigenvalue weighted by Crippen LogP contribution is -2.16. The van der Waals surface area contributed by atoms with Gasteiger partial charge in [-0.3, -0.25) is 0 Å². The Bertz CT molecular complexity index is 336. The molecule has 1 atom stereocenters. The summed E-state index contributed by atoms with van der Waals surface area (Å²) in [5, 5.41) is 0. The maximum atomic E-state index is 4.79. The molecule has 14 heavy (non-hydrogen) atoms. The maximum Gasteiger partial charge on any atom is 0.109 e. The number of nitrogens with zero attached hydrogens (tertiary/aromatic N) is 2. The molecule has 76 valence electrons. The SMILES string of the molecule is CC1CCn2cc(C3CCC3)nc2C1. The molecule has 0 amide bonds. The number of rotatable bonds is 1. The zero-order valence-corrected chi connectivity index (χ0v) is 8.87. The molecule has 2 nitrogen and oxygen atoms in total. The summed E-state index contributed by atoms with van der Waals surface area (Å²) >= 11 is 0. The van der Waals surface area contributed by atoms with Crippen molar-refractivity contribution in [2.24, 2.45) is 5.92 Å². The number of aryl methyl sites for hydroxylation is 1. The van der Waals surface area contributed by atoms with E-state index in [1.165, 1.54) is 50.2 Å². The second kappa shape index (κ2) is 3.11. The lowest BCUT2D eigenvalue weighted by atomic mass is 9.83. The molecule has 2 aliphatic rings. The van der Waals surface area contributed by atoms with Crippen LogP contribution in [0.15, 0.2) is 6.20 Å². The number of hydrogen-bond donors (Lipinski definition) is 0. The molecular weight excluding hydrogens is 172 g/mol. The lowest BCUT2D eigenvalue weighted by molar-refractivity contribution is 0.408. The maximum absolute atomic E-state index is 4.79. The first-order chi connectivity index (χ1) is 6.83. The van der Waals surface area contributed by atoms with Crippen LogP contribution in [0, 0.1) is 5.92 Å². The highest BCUT2D eigenvalue weighted by atomic mass is 15.1. The first kappa shape index (κ1) is 8.51. The van der Waals surface area contributed by atoms with Gasteiger partial charge in [-0.2, -0.15) is 0 Å². The number of aromatic nitrogens is 2. The number of fused-ring (bicyclic) bond motifs is 1. The van der Waals surface area contributed by atoms with Gasteiger partial charge in [-0.25, -0.2) is 4.98 Å². The van der Waals surface area contributed by atoms with E-state index in [-0.39, 0.29) is 0 Å². The molecule has 1 aromatic rings. The zero-order valence-electron chi connectivity index (χ0n) is 8.87. The van der Waals surface area contributed by atoms with Crippen LogP contribution in [0.2, 0.25) is 0 Å². The molecule has 1 aromatic heterocycles. The van der Waals surface area contributed by atoms with Gasteiger partial charge in [0, 0.05) is 25.1 Å². The molecule has 2 heterocycles. The van der Waals surface area contributed by atoms with E-state index in [1.54, 1.807) is 0 Å². The van der Waals surface area contributed by atoms with Gasteiger partial charge in [-0.05, 0) is 25.2 Å². The van der Waals surface area contributed by atoms with Crippen molar-refractivity contribution < 1.29 is 0 Å². The van der Waals surface area contributed by atoms with E-state index >= 15 is 0 Å². The average Bonchev–Trinajstić information content (AvgIpc) is 2.43. The Hall–Kier alpha value is -0.790. The zero-order chi connectivity index (χ0) is 9.54. The smallest absolute Gasteiger partial charge is 0.109 e. The third-order valence-corrected chi connectivity index (χ3v) is 3.80. The summed E-state index contributed by atoms with van der Waals surface area (Å²) in [5.41, 5.74) is 1.38. The van der Waals surface area contributed by atoms with Crippen molar-refractivity contribution in [3.63, 3.8) is 0 Å². The van der Waals surface area contributed by atoms with Gasteiger partial charge in [0.1, 0.15) is 5.82 Å². The summed E-state index contributed by atoms with van der Waals surface area (Å²) in [6, 6.07) is 0. The fourth-order valence-electron chi connectivity index (χ4n) is 2.51. The van der Waals surface area contributed by atoms with Crippen molar-refractivity contribution in [2.45, 2.75) is 51.5 Å². The van der Waals surface area contributed by atoms with Gasteiger partial charge in [-0.15, -0.1) is 0 Å². The average molecular weight is 190 g/mol. The van der Waals surface area contributed by atoms with E-state index < -0.39 is 0 Å². The van der Waals surface area contributed by atoms with Crippen molar-refractivity contribution in [3.05, 3.63) is 17.7 Å². The molecule has 1 saturated carbocycles. The first-order valence-corrected chi connectivity index (χ1v) is 5.89. The van der Waals surface area contributed by atoms with E-state index in [0.717, 1.165) is 11.8 Å². The third-order valence-electron chi connectivity index (χ3n) is 3.80. The monoisotopic (exact) mass is 190 g/mol. The minimum Gasteiger partial charge on any atom is -0.335 e. The van der Waals surface area contributed by atoms with Crippen LogP contribution in [0.1, 0.15) is 50.0 Å². The Morgan fingerprint density at radius 2 is 2.21 bits per heavy atom. The molecule has 0 spiro atoms. The number of hydrogen-bond acceptors (Lipinski definition) is 1. The van der Waals surface area contributed by atoms with Crippen LogP contribution in [-0.2, 0) is 13.0 Å². The fraction of sp³-hybridized carbons (Fsp3) is 0.750. The summed E-state index contributed by atoms with van der Waals surface area (Å²) in [6.07, 6.45) is 8.96. The highest BCUT2D eigenvalue weighted by Gasteiger charge is 2.25. The van der Waals surface area contributed by atoms with Crippen LogP contribution < -0.4 is 0 Å². The van der Waals surface area contributed by atoms with Crippen LogP contribution >= 0.6 is 0 Å². The molecule has 0 bridgehead atoms. The van der Waals surface area contributed by atoms with Crippen molar-refractivity contribution in [2.75, 3.05) is 0 Å². The van der Waals surface area contributed by atoms with E-state index in [9.17, 15) is 0 Å². The van der Waals surface area contributed by atoms with Gasteiger partial charge in [0.2, 0.25) is 0 Å². The fourth-order valence-corrected chi connectivity index (χ4v) is 2.51. The second-order valence-electron chi connectivity index (χ2n) is 5.00. The van der Waals surface area contributed by atoms with Crippen LogP contribution in [0.5, 0.6) is 0 Å². The van der Waals surface area contributed by atoms with E-state index in [0.29, 0.717) is 0 Å². The predicted octanol–water partition coefficient (Wildman–Crippen LogP) is 2.73. The summed E-state index contributed by atoms with van der Waals surface area (Å²) in [7, 11) is 0. The molecule has 3 rings (SSSR count). The van der Waals surface area contributed by atoms with Gasteiger partial charge in [0.05, 0.1) is 5.69 Å². The molecular formula is C12H18N2.